The summed E-state index contributed by atoms with van der Waals surface area (Å²) >= 11 is 0. The number of nitrogens with zero attached hydrogens (tertiary/aromatic N) is 1. The van der Waals surface area contributed by atoms with Crippen molar-refractivity contribution in [3.05, 3.63) is 74.9 Å². The molecule has 0 bridgehead atoms. The first-order valence-electron chi connectivity index (χ1n) is 8.54. The number of hydrogen-bond donors (Lipinski definition) is 0. The highest BCUT2D eigenvalue weighted by atomic mass is 19.4. The fraction of sp³-hybridized carbons (Fsp3) is 0.143. The van der Waals surface area contributed by atoms with Gasteiger partial charge in [0.05, 0.1) is 11.1 Å². The molecular formula is C21H14F3NO4. The van der Waals surface area contributed by atoms with Gasteiger partial charge in [-0.25, -0.2) is 9.59 Å². The zero-order valence-electron chi connectivity index (χ0n) is 15.3. The van der Waals surface area contributed by atoms with Crippen LogP contribution in [0.2, 0.25) is 0 Å². The van der Waals surface area contributed by atoms with Gasteiger partial charge in [-0.15, -0.1) is 0 Å². The first-order chi connectivity index (χ1) is 13.6. The van der Waals surface area contributed by atoms with Gasteiger partial charge in [-0.3, -0.25) is 0 Å². The van der Waals surface area contributed by atoms with Crippen LogP contribution in [-0.2, 0) is 6.18 Å². The number of alkyl halides is 3. The third-order valence-corrected chi connectivity index (χ3v) is 4.59. The Labute approximate surface area is 161 Å². The van der Waals surface area contributed by atoms with E-state index in [9.17, 15) is 22.8 Å². The molecule has 2 aromatic heterocycles. The van der Waals surface area contributed by atoms with Crippen LogP contribution < -0.4 is 16.2 Å². The SMILES string of the molecule is CN(C)c1ccc2cc(-c3ccc4oc(=O)cc(C(F)(F)F)c4c3)c(=O)oc2c1. The average Bonchev–Trinajstić information content (AvgIpc) is 2.65. The van der Waals surface area contributed by atoms with Crippen molar-refractivity contribution < 1.29 is 22.0 Å². The third kappa shape index (κ3) is 3.37. The van der Waals surface area contributed by atoms with Crippen LogP contribution in [0.1, 0.15) is 5.56 Å². The molecule has 29 heavy (non-hydrogen) atoms. The van der Waals surface area contributed by atoms with Crippen molar-refractivity contribution >= 4 is 27.6 Å². The van der Waals surface area contributed by atoms with Crippen LogP contribution in [0.5, 0.6) is 0 Å². The van der Waals surface area contributed by atoms with Crippen molar-refractivity contribution in [1.82, 2.24) is 0 Å². The van der Waals surface area contributed by atoms with Crippen LogP contribution in [-0.4, -0.2) is 14.1 Å². The van der Waals surface area contributed by atoms with Gasteiger partial charge in [-0.05, 0) is 35.9 Å². The molecule has 0 atom stereocenters. The Bertz CT molecular complexity index is 1370. The lowest BCUT2D eigenvalue weighted by Gasteiger charge is -2.13. The summed E-state index contributed by atoms with van der Waals surface area (Å²) in [7, 11) is 3.69. The second kappa shape index (κ2) is 6.51. The fourth-order valence-corrected chi connectivity index (χ4v) is 3.14. The van der Waals surface area contributed by atoms with E-state index in [0.717, 1.165) is 5.69 Å². The molecule has 4 rings (SSSR count). The van der Waals surface area contributed by atoms with Gasteiger partial charge in [-0.2, -0.15) is 13.2 Å². The summed E-state index contributed by atoms with van der Waals surface area (Å²) < 4.78 is 50.3. The van der Waals surface area contributed by atoms with E-state index in [4.69, 9.17) is 8.83 Å². The zero-order valence-corrected chi connectivity index (χ0v) is 15.3. The van der Waals surface area contributed by atoms with Crippen molar-refractivity contribution in [2.24, 2.45) is 0 Å². The number of halogens is 3. The second-order valence-electron chi connectivity index (χ2n) is 6.75. The predicted molar refractivity (Wildman–Crippen MR) is 103 cm³/mol. The van der Waals surface area contributed by atoms with E-state index in [2.05, 4.69) is 0 Å². The minimum Gasteiger partial charge on any atom is -0.423 e. The second-order valence-corrected chi connectivity index (χ2v) is 6.75. The monoisotopic (exact) mass is 401 g/mol. The molecule has 0 saturated heterocycles. The number of hydrogen-bond acceptors (Lipinski definition) is 5. The quantitative estimate of drug-likeness (QED) is 0.458. The third-order valence-electron chi connectivity index (χ3n) is 4.59. The molecule has 2 heterocycles. The minimum atomic E-state index is -4.75. The van der Waals surface area contributed by atoms with Crippen LogP contribution >= 0.6 is 0 Å². The van der Waals surface area contributed by atoms with Gasteiger partial charge in [0.2, 0.25) is 0 Å². The largest absolute Gasteiger partial charge is 0.423 e. The highest BCUT2D eigenvalue weighted by Gasteiger charge is 2.34. The Morgan fingerprint density at radius 3 is 2.31 bits per heavy atom. The highest BCUT2D eigenvalue weighted by molar-refractivity contribution is 5.89. The van der Waals surface area contributed by atoms with Crippen molar-refractivity contribution in [1.29, 1.82) is 0 Å². The molecule has 0 N–H and O–H groups in total. The number of anilines is 1. The Hall–Kier alpha value is -3.55. The molecule has 0 spiro atoms. The van der Waals surface area contributed by atoms with Crippen molar-refractivity contribution in [3.8, 4) is 11.1 Å². The summed E-state index contributed by atoms with van der Waals surface area (Å²) in [6.07, 6.45) is -4.75. The van der Waals surface area contributed by atoms with E-state index >= 15 is 0 Å². The molecule has 4 aromatic rings. The molecule has 0 saturated carbocycles. The Balaban J connectivity index is 1.94. The molecule has 0 radical (unpaired) electrons. The lowest BCUT2D eigenvalue weighted by molar-refractivity contribution is -0.136. The van der Waals surface area contributed by atoms with Crippen LogP contribution in [0.15, 0.2) is 67.0 Å². The van der Waals surface area contributed by atoms with E-state index in [1.54, 1.807) is 18.2 Å². The summed E-state index contributed by atoms with van der Waals surface area (Å²) in [5.74, 6) is 0. The van der Waals surface area contributed by atoms with E-state index < -0.39 is 23.0 Å². The van der Waals surface area contributed by atoms with E-state index in [-0.39, 0.29) is 22.1 Å². The maximum absolute atomic E-state index is 13.4. The molecule has 148 valence electrons. The highest BCUT2D eigenvalue weighted by Crippen LogP contribution is 2.35. The molecule has 0 aliphatic heterocycles. The van der Waals surface area contributed by atoms with Crippen LogP contribution in [0.25, 0.3) is 33.1 Å². The average molecular weight is 401 g/mol. The topological polar surface area (TPSA) is 63.7 Å². The number of benzene rings is 2. The minimum absolute atomic E-state index is 0.108. The maximum Gasteiger partial charge on any atom is 0.417 e. The molecule has 0 fully saturated rings. The molecule has 0 unspecified atom stereocenters. The van der Waals surface area contributed by atoms with Gasteiger partial charge in [0.15, 0.2) is 0 Å². The number of fused-ring (bicyclic) bond motifs is 2. The summed E-state index contributed by atoms with van der Waals surface area (Å²) in [4.78, 5) is 25.8. The zero-order chi connectivity index (χ0) is 20.9. The first kappa shape index (κ1) is 18.8. The maximum atomic E-state index is 13.4. The van der Waals surface area contributed by atoms with Gasteiger partial charge >= 0.3 is 17.4 Å². The van der Waals surface area contributed by atoms with E-state index in [0.29, 0.717) is 17.0 Å². The molecular weight excluding hydrogens is 387 g/mol. The van der Waals surface area contributed by atoms with Crippen molar-refractivity contribution in [2.45, 2.75) is 6.18 Å². The lowest BCUT2D eigenvalue weighted by Crippen LogP contribution is -2.11. The van der Waals surface area contributed by atoms with Crippen molar-refractivity contribution in [3.63, 3.8) is 0 Å². The van der Waals surface area contributed by atoms with Crippen LogP contribution in [0.4, 0.5) is 18.9 Å². The van der Waals surface area contributed by atoms with Gasteiger partial charge in [-0.1, -0.05) is 6.07 Å². The van der Waals surface area contributed by atoms with Gasteiger partial charge in [0.1, 0.15) is 11.2 Å². The smallest absolute Gasteiger partial charge is 0.417 e. The molecule has 0 aliphatic carbocycles. The van der Waals surface area contributed by atoms with E-state index in [1.165, 1.54) is 18.2 Å². The fourth-order valence-electron chi connectivity index (χ4n) is 3.14. The van der Waals surface area contributed by atoms with Crippen LogP contribution in [0.3, 0.4) is 0 Å². The lowest BCUT2D eigenvalue weighted by atomic mass is 10.0. The molecule has 8 heteroatoms. The molecule has 0 aliphatic rings. The standard InChI is InChI=1S/C21H14F3NO4/c1-25(2)13-5-3-12-8-14(20(27)29-18(12)9-13)11-4-6-17-15(7-11)16(21(22,23)24)10-19(26)28-17/h3-10H,1-2H3. The normalized spacial score (nSPS) is 11.9. The Morgan fingerprint density at radius 1 is 0.862 bits per heavy atom. The predicted octanol–water partition coefficient (Wildman–Crippen LogP) is 4.65. The van der Waals surface area contributed by atoms with Crippen LogP contribution in [0, 0.1) is 0 Å². The number of rotatable bonds is 2. The molecule has 5 nitrogen and oxygen atoms in total. The summed E-state index contributed by atoms with van der Waals surface area (Å²) in [6.45, 7) is 0. The Morgan fingerprint density at radius 2 is 1.62 bits per heavy atom. The van der Waals surface area contributed by atoms with Gasteiger partial charge in [0, 0.05) is 42.7 Å². The first-order valence-corrected chi connectivity index (χ1v) is 8.54. The van der Waals surface area contributed by atoms with Gasteiger partial charge in [0.25, 0.3) is 0 Å². The van der Waals surface area contributed by atoms with E-state index in [1.807, 2.05) is 25.1 Å². The Kier molecular flexibility index (Phi) is 4.22. The van der Waals surface area contributed by atoms with Crippen molar-refractivity contribution in [2.75, 3.05) is 19.0 Å². The summed E-state index contributed by atoms with van der Waals surface area (Å²) in [5.41, 5.74) is -1.57. The summed E-state index contributed by atoms with van der Waals surface area (Å²) in [5, 5.41) is 0.318. The summed E-state index contributed by atoms with van der Waals surface area (Å²) in [6, 6.07) is 11.1. The molecule has 0 amide bonds. The molecule has 2 aromatic carbocycles. The van der Waals surface area contributed by atoms with Gasteiger partial charge < -0.3 is 13.7 Å².